The van der Waals surface area contributed by atoms with Crippen molar-refractivity contribution in [2.75, 3.05) is 12.3 Å². The van der Waals surface area contributed by atoms with Crippen LogP contribution in [0, 0.1) is 3.57 Å². The van der Waals surface area contributed by atoms with E-state index >= 15 is 0 Å². The molecule has 17 nitrogen and oxygen atoms in total. The Morgan fingerprint density at radius 3 is 2.38 bits per heavy atom. The molecule has 6 unspecified atom stereocenters. The molecule has 1 aliphatic heterocycles. The van der Waals surface area contributed by atoms with E-state index in [1.165, 1.54) is 17.1 Å². The molecule has 2 aromatic rings. The third kappa shape index (κ3) is 5.92. The summed E-state index contributed by atoms with van der Waals surface area (Å²) in [5, 5.41) is 21.1. The lowest BCUT2D eigenvalue weighted by Gasteiger charge is -2.19. The summed E-state index contributed by atoms with van der Waals surface area (Å²) < 4.78 is 52.9. The number of phosphoric acid groups is 3. The molecule has 32 heavy (non-hydrogen) atoms. The second-order valence-electron chi connectivity index (χ2n) is 6.27. The van der Waals surface area contributed by atoms with Crippen LogP contribution in [0.2, 0.25) is 0 Å². The first-order valence-electron chi connectivity index (χ1n) is 8.17. The minimum absolute atomic E-state index is 0.162. The van der Waals surface area contributed by atoms with E-state index in [0.717, 1.165) is 0 Å². The summed E-state index contributed by atoms with van der Waals surface area (Å²) in [6.45, 7) is -0.939. The molecule has 2 aromatic heterocycles. The first kappa shape index (κ1) is 26.1. The van der Waals surface area contributed by atoms with Crippen LogP contribution in [0.5, 0.6) is 0 Å². The molecule has 0 spiro atoms. The fraction of sp³-hybridized carbons (Fsp3) is 0.455. The predicted octanol–water partition coefficient (Wildman–Crippen LogP) is -0.419. The van der Waals surface area contributed by atoms with Crippen LogP contribution in [-0.4, -0.2) is 69.2 Å². The number of halogens is 1. The van der Waals surface area contributed by atoms with Crippen molar-refractivity contribution in [1.82, 2.24) is 14.5 Å². The first-order valence-corrected chi connectivity index (χ1v) is 13.8. The van der Waals surface area contributed by atoms with E-state index < -0.39 is 54.6 Å². The molecule has 1 aliphatic rings. The number of nitrogen functional groups attached to an aromatic ring is 1. The minimum atomic E-state index is -5.70. The molecule has 21 heteroatoms. The largest absolute Gasteiger partial charge is 0.490 e. The maximum Gasteiger partial charge on any atom is 0.490 e. The van der Waals surface area contributed by atoms with E-state index in [4.69, 9.17) is 25.2 Å². The van der Waals surface area contributed by atoms with Gasteiger partial charge in [0.25, 0.3) is 0 Å². The van der Waals surface area contributed by atoms with Gasteiger partial charge in [0.1, 0.15) is 36.1 Å². The maximum absolute atomic E-state index is 11.8. The molecule has 0 radical (unpaired) electrons. The highest BCUT2D eigenvalue weighted by atomic mass is 127. The lowest BCUT2D eigenvalue weighted by Crippen LogP contribution is -2.33. The number of anilines is 1. The quantitative estimate of drug-likeness (QED) is 0.144. The Morgan fingerprint density at radius 1 is 1.09 bits per heavy atom. The number of aromatic nitrogens is 3. The van der Waals surface area contributed by atoms with Crippen molar-refractivity contribution in [3.8, 4) is 0 Å². The van der Waals surface area contributed by atoms with Crippen LogP contribution in [0.25, 0.3) is 11.0 Å². The molecule has 6 atom stereocenters. The summed E-state index contributed by atoms with van der Waals surface area (Å²) in [4.78, 5) is 43.6. The molecule has 0 saturated carbocycles. The van der Waals surface area contributed by atoms with Gasteiger partial charge in [-0.2, -0.15) is 8.62 Å². The first-order chi connectivity index (χ1) is 14.6. The highest BCUT2D eigenvalue weighted by Gasteiger charge is 2.47. The Kier molecular flexibility index (Phi) is 7.52. The third-order valence-electron chi connectivity index (χ3n) is 4.02. The Labute approximate surface area is 191 Å². The number of hydrogen-bond donors (Lipinski definition) is 7. The molecule has 0 amide bonds. The van der Waals surface area contributed by atoms with Gasteiger partial charge in [-0.15, -0.1) is 0 Å². The minimum Gasteiger partial charge on any atom is -0.387 e. The summed E-state index contributed by atoms with van der Waals surface area (Å²) in [6, 6.07) is 0. The number of rotatable bonds is 8. The van der Waals surface area contributed by atoms with Gasteiger partial charge < -0.3 is 44.8 Å². The molecule has 1 fully saturated rings. The van der Waals surface area contributed by atoms with Crippen molar-refractivity contribution in [3.63, 3.8) is 0 Å². The number of phosphoric ester groups is 1. The van der Waals surface area contributed by atoms with Crippen molar-refractivity contribution < 1.29 is 61.4 Å². The zero-order chi connectivity index (χ0) is 24.1. The SMILES string of the molecule is Nc1ncnc2c1c(I)cn2C1OC(COP(=O)(O)OP(=O)(O)OP(=O)(O)O)C(O)C1O. The number of nitrogens with zero attached hydrogens (tertiary/aromatic N) is 3. The van der Waals surface area contributed by atoms with Crippen molar-refractivity contribution in [2.45, 2.75) is 24.5 Å². The van der Waals surface area contributed by atoms with Gasteiger partial charge in [0, 0.05) is 9.77 Å². The Morgan fingerprint density at radius 2 is 1.75 bits per heavy atom. The van der Waals surface area contributed by atoms with Crippen molar-refractivity contribution in [3.05, 3.63) is 16.1 Å². The smallest absolute Gasteiger partial charge is 0.387 e. The van der Waals surface area contributed by atoms with E-state index in [-0.39, 0.29) is 11.5 Å². The van der Waals surface area contributed by atoms with Crippen LogP contribution in [0.1, 0.15) is 6.23 Å². The highest BCUT2D eigenvalue weighted by Crippen LogP contribution is 2.66. The summed E-state index contributed by atoms with van der Waals surface area (Å²) in [6.07, 6.45) is -3.20. The van der Waals surface area contributed by atoms with Gasteiger partial charge in [0.05, 0.1) is 12.0 Å². The number of nitrogens with two attached hydrogens (primary N) is 1. The number of fused-ring (bicyclic) bond motifs is 1. The molecule has 180 valence electrons. The van der Waals surface area contributed by atoms with E-state index in [1.807, 2.05) is 22.6 Å². The fourth-order valence-electron chi connectivity index (χ4n) is 2.82. The number of hydrogen-bond acceptors (Lipinski definition) is 12. The van der Waals surface area contributed by atoms with Crippen molar-refractivity contribution in [2.24, 2.45) is 0 Å². The zero-order valence-corrected chi connectivity index (χ0v) is 20.2. The summed E-state index contributed by atoms with van der Waals surface area (Å²) >= 11 is 1.95. The molecule has 0 aliphatic carbocycles. The zero-order valence-electron chi connectivity index (χ0n) is 15.4. The summed E-state index contributed by atoms with van der Waals surface area (Å²) in [5.74, 6) is 0.162. The fourth-order valence-corrected chi connectivity index (χ4v) is 6.67. The predicted molar refractivity (Wildman–Crippen MR) is 110 cm³/mol. The molecule has 3 heterocycles. The molecule has 8 N–H and O–H groups in total. The lowest BCUT2D eigenvalue weighted by atomic mass is 10.1. The van der Waals surface area contributed by atoms with Crippen LogP contribution in [0.4, 0.5) is 5.82 Å². The Hall–Kier alpha value is -0.560. The van der Waals surface area contributed by atoms with Gasteiger partial charge >= 0.3 is 23.5 Å². The van der Waals surface area contributed by atoms with Gasteiger partial charge in [0.15, 0.2) is 6.23 Å². The van der Waals surface area contributed by atoms with Gasteiger partial charge in [-0.1, -0.05) is 0 Å². The maximum atomic E-state index is 11.8. The lowest BCUT2D eigenvalue weighted by molar-refractivity contribution is -0.0501. The number of aliphatic hydroxyl groups is 2. The van der Waals surface area contributed by atoms with Crippen LogP contribution >= 0.6 is 46.1 Å². The standard InChI is InChI=1S/C11H16IN4O13P3/c12-4-1-16(10-6(4)9(13)14-3-15-10)11-8(18)7(17)5(27-11)2-26-31(22,23)29-32(24,25)28-30(19,20)21/h1,3,5,7-8,11,17-18H,2H2,(H,22,23)(H,24,25)(H2,13,14,15)(H2,19,20,21). The van der Waals surface area contributed by atoms with E-state index in [2.05, 4.69) is 23.1 Å². The van der Waals surface area contributed by atoms with E-state index in [1.54, 1.807) is 0 Å². The number of aliphatic hydroxyl groups excluding tert-OH is 2. The van der Waals surface area contributed by atoms with Crippen molar-refractivity contribution in [1.29, 1.82) is 0 Å². The second-order valence-corrected chi connectivity index (χ2v) is 11.9. The second kappa shape index (κ2) is 9.24. The molecule has 1 saturated heterocycles. The molecular formula is C11H16IN4O13P3. The number of ether oxygens (including phenoxy) is 1. The topological polar surface area (TPSA) is 266 Å². The Balaban J connectivity index is 1.73. The van der Waals surface area contributed by atoms with Gasteiger partial charge in [-0.3, -0.25) is 4.52 Å². The van der Waals surface area contributed by atoms with Crippen LogP contribution in [-0.2, 0) is 31.6 Å². The monoisotopic (exact) mass is 632 g/mol. The van der Waals surface area contributed by atoms with Crippen LogP contribution in [0.3, 0.4) is 0 Å². The normalized spacial score (nSPS) is 28.0. The molecular weight excluding hydrogens is 616 g/mol. The molecule has 0 bridgehead atoms. The molecule has 0 aromatic carbocycles. The Bertz CT molecular complexity index is 1160. The highest BCUT2D eigenvalue weighted by molar-refractivity contribution is 14.1. The van der Waals surface area contributed by atoms with Gasteiger partial charge in [-0.05, 0) is 22.6 Å². The van der Waals surface area contributed by atoms with Gasteiger partial charge in [-0.25, -0.2) is 23.7 Å². The van der Waals surface area contributed by atoms with Crippen molar-refractivity contribution >= 4 is 62.9 Å². The average molecular weight is 632 g/mol. The summed E-state index contributed by atoms with van der Waals surface area (Å²) in [5.41, 5.74) is 6.10. The van der Waals surface area contributed by atoms with E-state index in [0.29, 0.717) is 8.96 Å². The summed E-state index contributed by atoms with van der Waals surface area (Å²) in [7, 11) is -16.7. The van der Waals surface area contributed by atoms with Gasteiger partial charge in [0.2, 0.25) is 0 Å². The van der Waals surface area contributed by atoms with Crippen LogP contribution in [0.15, 0.2) is 12.5 Å². The average Bonchev–Trinajstić information content (AvgIpc) is 3.09. The third-order valence-corrected chi connectivity index (χ3v) is 8.64. The van der Waals surface area contributed by atoms with Crippen LogP contribution < -0.4 is 5.73 Å². The molecule has 3 rings (SSSR count). The van der Waals surface area contributed by atoms with E-state index in [9.17, 15) is 28.8 Å².